The average molecular weight is 944 g/mol. The van der Waals surface area contributed by atoms with Gasteiger partial charge in [-0.05, 0) is 112 Å². The van der Waals surface area contributed by atoms with Crippen LogP contribution in [-0.4, -0.2) is 155 Å². The molecule has 2 amide bonds. The number of fused-ring (bicyclic) bond motifs is 2. The van der Waals surface area contributed by atoms with Gasteiger partial charge in [-0.3, -0.25) is 28.9 Å². The monoisotopic (exact) mass is 944 g/mol. The Labute approximate surface area is 401 Å². The number of unbranched alkanes of at least 4 members (excludes halogenated alkanes) is 1. The summed E-state index contributed by atoms with van der Waals surface area (Å²) in [6.45, 7) is 14.2. The summed E-state index contributed by atoms with van der Waals surface area (Å²) in [5.74, 6) is 1.30. The molecule has 4 aromatic rings. The first-order valence-electron chi connectivity index (χ1n) is 25.8. The third-order valence-corrected chi connectivity index (χ3v) is 14.8. The van der Waals surface area contributed by atoms with Crippen molar-refractivity contribution in [2.45, 2.75) is 121 Å². The summed E-state index contributed by atoms with van der Waals surface area (Å²) in [4.78, 5) is 52.1. The van der Waals surface area contributed by atoms with Gasteiger partial charge in [-0.1, -0.05) is 19.4 Å². The lowest BCUT2D eigenvalue weighted by Gasteiger charge is -2.38. The SMILES string of the molecule is CCCCNc1ncc2c(C3CCC(CN4CCN(CCOCCOCCOCCOCCCc5ccc6c(c5)n(C)c(=O)n6[C@H]5CCC(=O)NC5=O)CC4)CC3)cn(C3CCC(O)CC3)c2n1. The molecule has 0 bridgehead atoms. The molecule has 2 saturated carbocycles. The molecule has 17 nitrogen and oxygen atoms in total. The maximum absolute atomic E-state index is 13.0. The van der Waals surface area contributed by atoms with Crippen LogP contribution >= 0.6 is 0 Å². The topological polar surface area (TPSA) is 179 Å². The third kappa shape index (κ3) is 13.1. The predicted octanol–water partition coefficient (Wildman–Crippen LogP) is 5.34. The molecule has 0 spiro atoms. The Bertz CT molecular complexity index is 2290. The first kappa shape index (κ1) is 50.2. The molecule has 2 saturated heterocycles. The molecular formula is C51H77N9O8. The number of carbonyl (C=O) groups is 2. The zero-order valence-electron chi connectivity index (χ0n) is 40.7. The molecule has 1 atom stereocenters. The van der Waals surface area contributed by atoms with E-state index in [2.05, 4.69) is 44.3 Å². The van der Waals surface area contributed by atoms with Crippen LogP contribution in [-0.2, 0) is 42.0 Å². The summed E-state index contributed by atoms with van der Waals surface area (Å²) in [7, 11) is 1.71. The van der Waals surface area contributed by atoms with Crippen LogP contribution in [0.5, 0.6) is 0 Å². The zero-order chi connectivity index (χ0) is 47.2. The number of aromatic nitrogens is 5. The Kier molecular flexibility index (Phi) is 18.5. The summed E-state index contributed by atoms with van der Waals surface area (Å²) in [5, 5.41) is 17.2. The molecule has 0 unspecified atom stereocenters. The van der Waals surface area contributed by atoms with Gasteiger partial charge in [-0.25, -0.2) is 9.78 Å². The summed E-state index contributed by atoms with van der Waals surface area (Å²) < 4.78 is 28.6. The van der Waals surface area contributed by atoms with E-state index in [9.17, 15) is 19.5 Å². The number of nitrogens with one attached hydrogen (secondary N) is 2. The van der Waals surface area contributed by atoms with Gasteiger partial charge in [-0.15, -0.1) is 0 Å². The molecule has 5 heterocycles. The molecule has 68 heavy (non-hydrogen) atoms. The van der Waals surface area contributed by atoms with Crippen molar-refractivity contribution in [1.29, 1.82) is 0 Å². The van der Waals surface area contributed by atoms with Crippen LogP contribution in [0.1, 0.15) is 120 Å². The quantitative estimate of drug-likeness (QED) is 0.0574. The van der Waals surface area contributed by atoms with Crippen LogP contribution in [0.15, 0.2) is 35.4 Å². The number of piperazine rings is 1. The first-order chi connectivity index (χ1) is 33.2. The maximum Gasteiger partial charge on any atom is 0.329 e. The minimum absolute atomic E-state index is 0.170. The van der Waals surface area contributed by atoms with E-state index in [1.807, 2.05) is 18.2 Å². The van der Waals surface area contributed by atoms with Crippen LogP contribution < -0.4 is 16.3 Å². The van der Waals surface area contributed by atoms with E-state index in [1.54, 1.807) is 11.6 Å². The van der Waals surface area contributed by atoms with Crippen molar-refractivity contribution >= 4 is 39.8 Å². The fraction of sp³-hybridized carbons (Fsp3) is 0.706. The van der Waals surface area contributed by atoms with E-state index in [4.69, 9.17) is 28.9 Å². The average Bonchev–Trinajstić information content (AvgIpc) is 3.84. The van der Waals surface area contributed by atoms with Crippen LogP contribution in [0, 0.1) is 5.92 Å². The molecule has 374 valence electrons. The number of piperidine rings is 1. The number of benzene rings is 1. The lowest BCUT2D eigenvalue weighted by molar-refractivity contribution is -0.135. The Morgan fingerprint density at radius 2 is 1.49 bits per heavy atom. The third-order valence-electron chi connectivity index (χ3n) is 14.8. The van der Waals surface area contributed by atoms with Gasteiger partial charge in [0.15, 0.2) is 0 Å². The fourth-order valence-corrected chi connectivity index (χ4v) is 10.8. The molecular weight excluding hydrogens is 867 g/mol. The molecule has 8 rings (SSSR count). The van der Waals surface area contributed by atoms with Gasteiger partial charge in [0.05, 0.1) is 63.4 Å². The smallest absolute Gasteiger partial charge is 0.329 e. The van der Waals surface area contributed by atoms with Crippen LogP contribution in [0.2, 0.25) is 0 Å². The molecule has 2 aliphatic carbocycles. The number of ether oxygens (including phenoxy) is 4. The Balaban J connectivity index is 0.631. The molecule has 17 heteroatoms. The van der Waals surface area contributed by atoms with Crippen molar-refractivity contribution < 1.29 is 33.6 Å². The molecule has 4 aliphatic rings. The van der Waals surface area contributed by atoms with E-state index >= 15 is 0 Å². The highest BCUT2D eigenvalue weighted by molar-refractivity contribution is 6.00. The van der Waals surface area contributed by atoms with E-state index in [0.717, 1.165) is 119 Å². The lowest BCUT2D eigenvalue weighted by atomic mass is 9.78. The molecule has 4 fully saturated rings. The van der Waals surface area contributed by atoms with Gasteiger partial charge in [0.25, 0.3) is 0 Å². The molecule has 2 aliphatic heterocycles. The number of aliphatic hydroxyl groups excluding tert-OH is 1. The second-order valence-electron chi connectivity index (χ2n) is 19.6. The second kappa shape index (κ2) is 25.1. The number of hydrogen-bond donors (Lipinski definition) is 3. The van der Waals surface area contributed by atoms with Crippen LogP contribution in [0.3, 0.4) is 0 Å². The number of anilines is 1. The highest BCUT2D eigenvalue weighted by atomic mass is 16.6. The van der Waals surface area contributed by atoms with E-state index in [-0.39, 0.29) is 24.1 Å². The standard InChI is InChI=1S/C51H77N9O8/c1-3-4-19-52-50-53-34-42-43(36-59(48(42)55-50)40-12-14-41(61)15-13-40)39-10-7-38(8-11-39)35-58-22-20-57(21-23-58)24-26-66-28-30-68-32-31-67-29-27-65-25-5-6-37-9-16-44-46(33-37)56(2)51(64)60(44)45-17-18-47(62)54-49(45)63/h9,16,33-34,36,38-41,45,61H,3-8,10-15,17-32,35H2,1-2H3,(H,52,53,55)(H,54,62,63)/t38?,39?,40?,41?,45-/m0/s1. The first-order valence-corrected chi connectivity index (χ1v) is 25.8. The number of aliphatic hydroxyl groups is 1. The normalized spacial score (nSPS) is 23.2. The Morgan fingerprint density at radius 3 is 2.19 bits per heavy atom. The van der Waals surface area contributed by atoms with E-state index in [0.29, 0.717) is 76.8 Å². The number of rotatable bonds is 25. The highest BCUT2D eigenvalue weighted by Gasteiger charge is 2.32. The van der Waals surface area contributed by atoms with E-state index < -0.39 is 11.9 Å². The number of nitrogens with zero attached hydrogens (tertiary/aromatic N) is 7. The Hall–Kier alpha value is -4.23. The summed E-state index contributed by atoms with van der Waals surface area (Å²) >= 11 is 0. The molecule has 0 radical (unpaired) electrons. The maximum atomic E-state index is 13.0. The van der Waals surface area contributed by atoms with Gasteiger partial charge in [0, 0.05) is 89.7 Å². The minimum atomic E-state index is -0.684. The van der Waals surface area contributed by atoms with Crippen molar-refractivity contribution in [3.63, 3.8) is 0 Å². The second-order valence-corrected chi connectivity index (χ2v) is 19.6. The van der Waals surface area contributed by atoms with Gasteiger partial charge >= 0.3 is 5.69 Å². The lowest BCUT2D eigenvalue weighted by Crippen LogP contribution is -2.48. The number of amides is 2. The van der Waals surface area contributed by atoms with Gasteiger partial charge < -0.3 is 38.8 Å². The van der Waals surface area contributed by atoms with E-state index in [1.165, 1.54) is 47.7 Å². The number of hydrogen-bond acceptors (Lipinski definition) is 13. The van der Waals surface area contributed by atoms with Gasteiger partial charge in [0.2, 0.25) is 17.8 Å². The number of aryl methyl sites for hydroxylation is 2. The van der Waals surface area contributed by atoms with Gasteiger partial charge in [-0.2, -0.15) is 4.98 Å². The van der Waals surface area contributed by atoms with Crippen molar-refractivity contribution in [3.8, 4) is 0 Å². The zero-order valence-corrected chi connectivity index (χ0v) is 40.7. The number of carbonyl (C=O) groups excluding carboxylic acids is 2. The fourth-order valence-electron chi connectivity index (χ4n) is 10.8. The minimum Gasteiger partial charge on any atom is -0.393 e. The Morgan fingerprint density at radius 1 is 0.794 bits per heavy atom. The van der Waals surface area contributed by atoms with Gasteiger partial charge in [0.1, 0.15) is 11.7 Å². The van der Waals surface area contributed by atoms with Crippen molar-refractivity contribution in [2.75, 3.05) is 104 Å². The summed E-state index contributed by atoms with van der Waals surface area (Å²) in [5.41, 5.74) is 4.77. The summed E-state index contributed by atoms with van der Waals surface area (Å²) in [6, 6.07) is 5.57. The molecule has 1 aromatic carbocycles. The predicted molar refractivity (Wildman–Crippen MR) is 262 cm³/mol. The van der Waals surface area contributed by atoms with Crippen LogP contribution in [0.4, 0.5) is 5.95 Å². The van der Waals surface area contributed by atoms with Crippen molar-refractivity contribution in [3.05, 3.63) is 52.2 Å². The molecule has 3 aromatic heterocycles. The molecule has 3 N–H and O–H groups in total. The highest BCUT2D eigenvalue weighted by Crippen LogP contribution is 2.42. The summed E-state index contributed by atoms with van der Waals surface area (Å²) in [6.07, 6.45) is 17.4. The van der Waals surface area contributed by atoms with Crippen LogP contribution in [0.25, 0.3) is 22.1 Å². The van der Waals surface area contributed by atoms with Crippen molar-refractivity contribution in [1.82, 2.24) is 38.8 Å². The number of imide groups is 1. The number of imidazole rings is 1. The van der Waals surface area contributed by atoms with Crippen molar-refractivity contribution in [2.24, 2.45) is 13.0 Å². The largest absolute Gasteiger partial charge is 0.393 e.